The Balaban J connectivity index is 2.14. The van der Waals surface area contributed by atoms with Crippen molar-refractivity contribution in [1.29, 1.82) is 0 Å². The molecule has 0 aliphatic rings. The van der Waals surface area contributed by atoms with Crippen LogP contribution in [0, 0.1) is 0 Å². The van der Waals surface area contributed by atoms with Crippen LogP contribution in [-0.2, 0) is 6.54 Å². The van der Waals surface area contributed by atoms with Crippen molar-refractivity contribution < 1.29 is 14.9 Å². The van der Waals surface area contributed by atoms with Gasteiger partial charge >= 0.3 is 0 Å². The first-order valence-electron chi connectivity index (χ1n) is 5.45. The molecule has 5 nitrogen and oxygen atoms in total. The van der Waals surface area contributed by atoms with Gasteiger partial charge in [-0.15, -0.1) is 0 Å². The molecule has 0 amide bonds. The number of nitrogens with one attached hydrogen (secondary N) is 1. The smallest absolute Gasteiger partial charge is 0.237 e. The number of rotatable bonds is 4. The van der Waals surface area contributed by atoms with Gasteiger partial charge in [-0.2, -0.15) is 0 Å². The molecule has 0 radical (unpaired) electrons. The van der Waals surface area contributed by atoms with Gasteiger partial charge in [0.2, 0.25) is 5.88 Å². The van der Waals surface area contributed by atoms with Crippen LogP contribution in [-0.4, -0.2) is 22.3 Å². The molecular weight excluding hydrogens is 232 g/mol. The molecule has 0 aliphatic carbocycles. The normalized spacial score (nSPS) is 10.1. The number of benzene rings is 1. The molecule has 1 aromatic heterocycles. The lowest BCUT2D eigenvalue weighted by Crippen LogP contribution is -2.02. The van der Waals surface area contributed by atoms with Gasteiger partial charge in [0, 0.05) is 18.3 Å². The summed E-state index contributed by atoms with van der Waals surface area (Å²) in [7, 11) is 1.54. The van der Waals surface area contributed by atoms with Crippen LogP contribution in [0.1, 0.15) is 5.56 Å². The molecule has 2 aromatic rings. The van der Waals surface area contributed by atoms with Crippen molar-refractivity contribution in [2.75, 3.05) is 12.4 Å². The fourth-order valence-corrected chi connectivity index (χ4v) is 1.60. The van der Waals surface area contributed by atoms with Crippen LogP contribution < -0.4 is 10.1 Å². The minimum atomic E-state index is -0.132. The lowest BCUT2D eigenvalue weighted by Gasteiger charge is -2.11. The average molecular weight is 246 g/mol. The van der Waals surface area contributed by atoms with E-state index >= 15 is 0 Å². The van der Waals surface area contributed by atoms with Crippen LogP contribution in [0.5, 0.6) is 17.4 Å². The monoisotopic (exact) mass is 246 g/mol. The molecule has 94 valence electrons. The quantitative estimate of drug-likeness (QED) is 0.720. The Bertz CT molecular complexity index is 544. The zero-order valence-corrected chi connectivity index (χ0v) is 9.92. The second-order valence-corrected chi connectivity index (χ2v) is 3.70. The maximum atomic E-state index is 9.67. The van der Waals surface area contributed by atoms with Gasteiger partial charge in [0.1, 0.15) is 0 Å². The summed E-state index contributed by atoms with van der Waals surface area (Å²) < 4.78 is 5.10. The van der Waals surface area contributed by atoms with Gasteiger partial charge in [-0.3, -0.25) is 0 Å². The number of hydrogen-bond acceptors (Lipinski definition) is 5. The molecule has 0 fully saturated rings. The Morgan fingerprint density at radius 2 is 2.06 bits per heavy atom. The zero-order chi connectivity index (χ0) is 13.0. The molecular formula is C13H14N2O3. The number of aromatic hydroxyl groups is 2. The molecule has 18 heavy (non-hydrogen) atoms. The van der Waals surface area contributed by atoms with Crippen LogP contribution in [0.2, 0.25) is 0 Å². The van der Waals surface area contributed by atoms with Gasteiger partial charge in [-0.05, 0) is 18.2 Å². The topological polar surface area (TPSA) is 74.6 Å². The number of nitrogens with zero attached hydrogens (tertiary/aromatic N) is 1. The fourth-order valence-electron chi connectivity index (χ4n) is 1.60. The molecule has 0 spiro atoms. The van der Waals surface area contributed by atoms with Crippen molar-refractivity contribution in [3.8, 4) is 17.4 Å². The summed E-state index contributed by atoms with van der Waals surface area (Å²) in [5.74, 6) is 0.234. The third-order valence-electron chi connectivity index (χ3n) is 2.53. The highest BCUT2D eigenvalue weighted by atomic mass is 16.5. The van der Waals surface area contributed by atoms with Gasteiger partial charge in [0.25, 0.3) is 0 Å². The standard InChI is InChI=1S/C13H14N2O3/c1-18-13-10(5-3-7-14-13)15-8-9-4-2-6-11(16)12(9)17/h2-7,15-17H,8H2,1H3. The highest BCUT2D eigenvalue weighted by molar-refractivity contribution is 5.53. The largest absolute Gasteiger partial charge is 0.504 e. The van der Waals surface area contributed by atoms with Gasteiger partial charge in [0.15, 0.2) is 11.5 Å². The SMILES string of the molecule is COc1ncccc1NCc1cccc(O)c1O. The average Bonchev–Trinajstić information content (AvgIpc) is 2.41. The highest BCUT2D eigenvalue weighted by Crippen LogP contribution is 2.29. The molecule has 0 saturated heterocycles. The van der Waals surface area contributed by atoms with E-state index < -0.39 is 0 Å². The molecule has 0 atom stereocenters. The van der Waals surface area contributed by atoms with Crippen molar-refractivity contribution in [1.82, 2.24) is 4.98 Å². The van der Waals surface area contributed by atoms with Crippen molar-refractivity contribution >= 4 is 5.69 Å². The first-order valence-corrected chi connectivity index (χ1v) is 5.45. The van der Waals surface area contributed by atoms with Crippen molar-refractivity contribution in [2.24, 2.45) is 0 Å². The van der Waals surface area contributed by atoms with E-state index in [2.05, 4.69) is 10.3 Å². The number of methoxy groups -OCH3 is 1. The number of phenolic OH excluding ortho intramolecular Hbond substituents is 2. The summed E-state index contributed by atoms with van der Waals surface area (Å²) in [6.45, 7) is 0.363. The van der Waals surface area contributed by atoms with E-state index in [0.29, 0.717) is 18.0 Å². The number of phenols is 2. The molecule has 0 saturated carbocycles. The van der Waals surface area contributed by atoms with Crippen LogP contribution in [0.3, 0.4) is 0 Å². The number of hydrogen-bond donors (Lipinski definition) is 3. The predicted molar refractivity (Wildman–Crippen MR) is 67.9 cm³/mol. The minimum Gasteiger partial charge on any atom is -0.504 e. The van der Waals surface area contributed by atoms with Crippen LogP contribution in [0.25, 0.3) is 0 Å². The second kappa shape index (κ2) is 5.27. The van der Waals surface area contributed by atoms with E-state index in [-0.39, 0.29) is 11.5 Å². The summed E-state index contributed by atoms with van der Waals surface area (Å²) in [6.07, 6.45) is 1.63. The van der Waals surface area contributed by atoms with Crippen molar-refractivity contribution in [2.45, 2.75) is 6.54 Å². The van der Waals surface area contributed by atoms with Crippen molar-refractivity contribution in [3.05, 3.63) is 42.1 Å². The first kappa shape index (κ1) is 12.0. The van der Waals surface area contributed by atoms with E-state index in [9.17, 15) is 10.2 Å². The molecule has 2 rings (SSSR count). The van der Waals surface area contributed by atoms with Crippen LogP contribution in [0.15, 0.2) is 36.5 Å². The molecule has 5 heteroatoms. The third-order valence-corrected chi connectivity index (χ3v) is 2.53. The van der Waals surface area contributed by atoms with E-state index in [0.717, 1.165) is 5.69 Å². The predicted octanol–water partition coefficient (Wildman–Crippen LogP) is 2.11. The molecule has 0 unspecified atom stereocenters. The lowest BCUT2D eigenvalue weighted by molar-refractivity contribution is 0.398. The second-order valence-electron chi connectivity index (χ2n) is 3.70. The van der Waals surface area contributed by atoms with E-state index in [1.807, 2.05) is 6.07 Å². The summed E-state index contributed by atoms with van der Waals surface area (Å²) >= 11 is 0. The Labute approximate surface area is 105 Å². The number of aromatic nitrogens is 1. The maximum Gasteiger partial charge on any atom is 0.237 e. The number of para-hydroxylation sites is 1. The fraction of sp³-hybridized carbons (Fsp3) is 0.154. The summed E-state index contributed by atoms with van der Waals surface area (Å²) in [4.78, 5) is 4.05. The Hall–Kier alpha value is -2.43. The van der Waals surface area contributed by atoms with E-state index in [1.54, 1.807) is 31.5 Å². The molecule has 1 heterocycles. The Kier molecular flexibility index (Phi) is 3.52. The van der Waals surface area contributed by atoms with E-state index in [4.69, 9.17) is 4.74 Å². The zero-order valence-electron chi connectivity index (χ0n) is 9.92. The summed E-state index contributed by atoms with van der Waals surface area (Å²) in [5, 5.41) is 22.1. The lowest BCUT2D eigenvalue weighted by atomic mass is 10.2. The summed E-state index contributed by atoms with van der Waals surface area (Å²) in [5.41, 5.74) is 1.32. The highest BCUT2D eigenvalue weighted by Gasteiger charge is 2.07. The third kappa shape index (κ3) is 2.45. The Morgan fingerprint density at radius 1 is 1.22 bits per heavy atom. The maximum absolute atomic E-state index is 9.67. The molecule has 1 aromatic carbocycles. The van der Waals surface area contributed by atoms with Gasteiger partial charge in [-0.25, -0.2) is 4.98 Å². The van der Waals surface area contributed by atoms with Gasteiger partial charge < -0.3 is 20.3 Å². The summed E-state index contributed by atoms with van der Waals surface area (Å²) in [6, 6.07) is 8.44. The van der Waals surface area contributed by atoms with E-state index in [1.165, 1.54) is 6.07 Å². The number of ether oxygens (including phenoxy) is 1. The first-order chi connectivity index (χ1) is 8.72. The minimum absolute atomic E-state index is 0.118. The molecule has 0 bridgehead atoms. The van der Waals surface area contributed by atoms with Gasteiger partial charge in [0.05, 0.1) is 12.8 Å². The number of pyridine rings is 1. The number of anilines is 1. The molecule has 0 aliphatic heterocycles. The van der Waals surface area contributed by atoms with Crippen LogP contribution >= 0.6 is 0 Å². The van der Waals surface area contributed by atoms with Gasteiger partial charge in [-0.1, -0.05) is 12.1 Å². The molecule has 3 N–H and O–H groups in total. The van der Waals surface area contributed by atoms with Crippen LogP contribution in [0.4, 0.5) is 5.69 Å². The Morgan fingerprint density at radius 3 is 2.83 bits per heavy atom. The van der Waals surface area contributed by atoms with Crippen molar-refractivity contribution in [3.63, 3.8) is 0 Å².